The van der Waals surface area contributed by atoms with E-state index in [0.29, 0.717) is 0 Å². The number of nitrogens with zero attached hydrogens (tertiary/aromatic N) is 2. The standard InChI is InChI=1S/C17H18N2O/c1-11-17(12(2)19(3)18-11)15-6-5-14-10-16(20-4)8-7-13(14)9-15/h5-10H,1-4H3. The van der Waals surface area contributed by atoms with Crippen molar-refractivity contribution in [3.63, 3.8) is 0 Å². The molecule has 1 heterocycles. The molecule has 0 bridgehead atoms. The number of hydrogen-bond acceptors (Lipinski definition) is 2. The van der Waals surface area contributed by atoms with Crippen molar-refractivity contribution >= 4 is 10.8 Å². The number of aryl methyl sites for hydroxylation is 2. The zero-order valence-electron chi connectivity index (χ0n) is 12.3. The Balaban J connectivity index is 2.18. The van der Waals surface area contributed by atoms with E-state index in [1.165, 1.54) is 27.6 Å². The molecule has 3 nitrogen and oxygen atoms in total. The van der Waals surface area contributed by atoms with Gasteiger partial charge in [-0.1, -0.05) is 18.2 Å². The van der Waals surface area contributed by atoms with Crippen LogP contribution < -0.4 is 4.74 Å². The van der Waals surface area contributed by atoms with Gasteiger partial charge in [-0.05, 0) is 48.4 Å². The van der Waals surface area contributed by atoms with Gasteiger partial charge in [-0.3, -0.25) is 4.68 Å². The SMILES string of the molecule is COc1ccc2cc(-c3c(C)nn(C)c3C)ccc2c1. The highest BCUT2D eigenvalue weighted by Gasteiger charge is 2.11. The minimum atomic E-state index is 0.888. The first kappa shape index (κ1) is 12.7. The summed E-state index contributed by atoms with van der Waals surface area (Å²) in [6.07, 6.45) is 0. The monoisotopic (exact) mass is 266 g/mol. The number of rotatable bonds is 2. The number of fused-ring (bicyclic) bond motifs is 1. The van der Waals surface area contributed by atoms with Crippen LogP contribution in [-0.4, -0.2) is 16.9 Å². The van der Waals surface area contributed by atoms with E-state index >= 15 is 0 Å². The number of ether oxygens (including phenoxy) is 1. The summed E-state index contributed by atoms with van der Waals surface area (Å²) in [5.74, 6) is 0.888. The fraction of sp³-hybridized carbons (Fsp3) is 0.235. The highest BCUT2D eigenvalue weighted by atomic mass is 16.5. The third-order valence-corrected chi connectivity index (χ3v) is 3.85. The highest BCUT2D eigenvalue weighted by molar-refractivity contribution is 5.89. The van der Waals surface area contributed by atoms with Gasteiger partial charge in [0.1, 0.15) is 5.75 Å². The summed E-state index contributed by atoms with van der Waals surface area (Å²) in [6.45, 7) is 4.16. The van der Waals surface area contributed by atoms with Crippen molar-refractivity contribution in [2.45, 2.75) is 13.8 Å². The van der Waals surface area contributed by atoms with Gasteiger partial charge in [0, 0.05) is 18.3 Å². The van der Waals surface area contributed by atoms with Gasteiger partial charge in [-0.25, -0.2) is 0 Å². The fourth-order valence-electron chi connectivity index (χ4n) is 2.70. The van der Waals surface area contributed by atoms with Gasteiger partial charge in [0.15, 0.2) is 0 Å². The Hall–Kier alpha value is -2.29. The lowest BCUT2D eigenvalue weighted by atomic mass is 10.00. The van der Waals surface area contributed by atoms with Crippen LogP contribution in [0, 0.1) is 13.8 Å². The van der Waals surface area contributed by atoms with Gasteiger partial charge in [0.05, 0.1) is 12.8 Å². The third kappa shape index (κ3) is 1.95. The first-order chi connectivity index (χ1) is 9.60. The van der Waals surface area contributed by atoms with Crippen LogP contribution in [0.25, 0.3) is 21.9 Å². The summed E-state index contributed by atoms with van der Waals surface area (Å²) in [7, 11) is 3.68. The summed E-state index contributed by atoms with van der Waals surface area (Å²) in [6, 6.07) is 12.7. The van der Waals surface area contributed by atoms with Crippen LogP contribution in [0.4, 0.5) is 0 Å². The minimum Gasteiger partial charge on any atom is -0.497 e. The molecule has 20 heavy (non-hydrogen) atoms. The van der Waals surface area contributed by atoms with Gasteiger partial charge in [0.25, 0.3) is 0 Å². The van der Waals surface area contributed by atoms with E-state index in [1.807, 2.05) is 17.8 Å². The number of aromatic nitrogens is 2. The number of benzene rings is 2. The van der Waals surface area contributed by atoms with Crippen molar-refractivity contribution in [1.29, 1.82) is 0 Å². The van der Waals surface area contributed by atoms with Crippen LogP contribution in [-0.2, 0) is 7.05 Å². The van der Waals surface area contributed by atoms with E-state index in [4.69, 9.17) is 4.74 Å². The lowest BCUT2D eigenvalue weighted by molar-refractivity contribution is 0.415. The summed E-state index contributed by atoms with van der Waals surface area (Å²) in [5, 5.41) is 6.89. The molecule has 0 spiro atoms. The lowest BCUT2D eigenvalue weighted by Gasteiger charge is -2.06. The molecular weight excluding hydrogens is 248 g/mol. The minimum absolute atomic E-state index is 0.888. The Morgan fingerprint density at radius 3 is 2.35 bits per heavy atom. The Bertz CT molecular complexity index is 787. The molecule has 0 aliphatic heterocycles. The molecule has 3 rings (SSSR count). The predicted molar refractivity (Wildman–Crippen MR) is 82.2 cm³/mol. The molecule has 3 heteroatoms. The zero-order valence-corrected chi connectivity index (χ0v) is 12.3. The molecule has 3 aromatic rings. The Kier molecular flexibility index (Phi) is 2.97. The summed E-state index contributed by atoms with van der Waals surface area (Å²) in [4.78, 5) is 0. The van der Waals surface area contributed by atoms with Crippen molar-refractivity contribution in [1.82, 2.24) is 9.78 Å². The second-order valence-corrected chi connectivity index (χ2v) is 5.10. The van der Waals surface area contributed by atoms with Crippen LogP contribution in [0.3, 0.4) is 0 Å². The van der Waals surface area contributed by atoms with E-state index in [0.717, 1.165) is 11.4 Å². The van der Waals surface area contributed by atoms with Gasteiger partial charge in [0.2, 0.25) is 0 Å². The molecule has 0 unspecified atom stereocenters. The average Bonchev–Trinajstić information content (AvgIpc) is 2.71. The molecule has 102 valence electrons. The normalized spacial score (nSPS) is 11.0. The van der Waals surface area contributed by atoms with Crippen molar-refractivity contribution in [2.75, 3.05) is 7.11 Å². The molecular formula is C17H18N2O. The van der Waals surface area contributed by atoms with Crippen LogP contribution >= 0.6 is 0 Å². The quantitative estimate of drug-likeness (QED) is 0.704. The average molecular weight is 266 g/mol. The highest BCUT2D eigenvalue weighted by Crippen LogP contribution is 2.30. The Morgan fingerprint density at radius 1 is 1.00 bits per heavy atom. The molecule has 0 aliphatic carbocycles. The zero-order chi connectivity index (χ0) is 14.3. The van der Waals surface area contributed by atoms with Gasteiger partial charge >= 0.3 is 0 Å². The molecule has 1 aromatic heterocycles. The Labute approximate surface area is 118 Å². The summed E-state index contributed by atoms with van der Waals surface area (Å²) >= 11 is 0. The van der Waals surface area contributed by atoms with Gasteiger partial charge in [-0.15, -0.1) is 0 Å². The first-order valence-corrected chi connectivity index (χ1v) is 6.68. The van der Waals surface area contributed by atoms with Crippen molar-refractivity contribution < 1.29 is 4.74 Å². The topological polar surface area (TPSA) is 27.1 Å². The summed E-state index contributed by atoms with van der Waals surface area (Å²) in [5.41, 5.74) is 4.70. The molecule has 0 aliphatic rings. The van der Waals surface area contributed by atoms with E-state index in [2.05, 4.69) is 49.3 Å². The molecule has 0 saturated carbocycles. The van der Waals surface area contributed by atoms with E-state index in [9.17, 15) is 0 Å². The van der Waals surface area contributed by atoms with Crippen molar-refractivity contribution in [3.05, 3.63) is 47.8 Å². The third-order valence-electron chi connectivity index (χ3n) is 3.85. The largest absolute Gasteiger partial charge is 0.497 e. The molecule has 2 aromatic carbocycles. The molecule has 0 atom stereocenters. The first-order valence-electron chi connectivity index (χ1n) is 6.68. The van der Waals surface area contributed by atoms with Crippen LogP contribution in [0.5, 0.6) is 5.75 Å². The van der Waals surface area contributed by atoms with Crippen molar-refractivity contribution in [2.24, 2.45) is 7.05 Å². The smallest absolute Gasteiger partial charge is 0.119 e. The van der Waals surface area contributed by atoms with Crippen LogP contribution in [0.2, 0.25) is 0 Å². The molecule has 0 N–H and O–H groups in total. The van der Waals surface area contributed by atoms with E-state index in [-0.39, 0.29) is 0 Å². The maximum absolute atomic E-state index is 5.27. The maximum Gasteiger partial charge on any atom is 0.119 e. The second kappa shape index (κ2) is 4.67. The van der Waals surface area contributed by atoms with Gasteiger partial charge in [-0.2, -0.15) is 5.10 Å². The van der Waals surface area contributed by atoms with Crippen LogP contribution in [0.1, 0.15) is 11.4 Å². The fourth-order valence-corrected chi connectivity index (χ4v) is 2.70. The molecule has 0 saturated heterocycles. The van der Waals surface area contributed by atoms with Gasteiger partial charge < -0.3 is 4.74 Å². The molecule has 0 fully saturated rings. The summed E-state index contributed by atoms with van der Waals surface area (Å²) < 4.78 is 7.20. The maximum atomic E-state index is 5.27. The van der Waals surface area contributed by atoms with E-state index < -0.39 is 0 Å². The predicted octanol–water partition coefficient (Wildman–Crippen LogP) is 3.87. The Morgan fingerprint density at radius 2 is 1.70 bits per heavy atom. The lowest BCUT2D eigenvalue weighted by Crippen LogP contribution is -1.92. The van der Waals surface area contributed by atoms with Crippen molar-refractivity contribution in [3.8, 4) is 16.9 Å². The number of hydrogen-bond donors (Lipinski definition) is 0. The van der Waals surface area contributed by atoms with E-state index in [1.54, 1.807) is 7.11 Å². The molecule has 0 radical (unpaired) electrons. The second-order valence-electron chi connectivity index (χ2n) is 5.10. The van der Waals surface area contributed by atoms with Crippen LogP contribution in [0.15, 0.2) is 36.4 Å². The number of methoxy groups -OCH3 is 1. The molecule has 0 amide bonds.